The molecule has 0 amide bonds. The Balaban J connectivity index is 0.000000531. The van der Waals surface area contributed by atoms with Gasteiger partial charge in [-0.05, 0) is 13.0 Å². The van der Waals surface area contributed by atoms with Crippen molar-refractivity contribution in [3.05, 3.63) is 29.7 Å². The van der Waals surface area contributed by atoms with E-state index in [1.807, 2.05) is 13.8 Å². The smallest absolute Gasteiger partial charge is 0.356 e. The van der Waals surface area contributed by atoms with Gasteiger partial charge in [-0.2, -0.15) is 5.10 Å². The van der Waals surface area contributed by atoms with E-state index in [-0.39, 0.29) is 5.69 Å². The van der Waals surface area contributed by atoms with Gasteiger partial charge in [-0.3, -0.25) is 0 Å². The Kier molecular flexibility index (Phi) is 3.38. The molecule has 2 aromatic rings. The largest absolute Gasteiger partial charge is 0.476 e. The van der Waals surface area contributed by atoms with E-state index in [4.69, 9.17) is 5.11 Å². The molecule has 0 aliphatic rings. The van der Waals surface area contributed by atoms with Gasteiger partial charge in [-0.1, -0.05) is 13.8 Å². The molecule has 2 heterocycles. The Morgan fingerprint density at radius 2 is 2.13 bits per heavy atom. The third-order valence-electron chi connectivity index (χ3n) is 1.83. The summed E-state index contributed by atoms with van der Waals surface area (Å²) in [5.41, 5.74) is 1.23. The molecule has 5 heteroatoms. The van der Waals surface area contributed by atoms with Gasteiger partial charge in [0.2, 0.25) is 0 Å². The molecular weight excluding hydrogens is 194 g/mol. The van der Waals surface area contributed by atoms with Gasteiger partial charge >= 0.3 is 5.97 Å². The first kappa shape index (κ1) is 11.2. The fourth-order valence-corrected chi connectivity index (χ4v) is 1.20. The van der Waals surface area contributed by atoms with Crippen LogP contribution in [0.1, 0.15) is 29.9 Å². The molecule has 0 atom stereocenters. The normalized spacial score (nSPS) is 9.53. The highest BCUT2D eigenvalue weighted by Crippen LogP contribution is 2.11. The zero-order valence-corrected chi connectivity index (χ0v) is 8.93. The zero-order valence-electron chi connectivity index (χ0n) is 8.93. The summed E-state index contributed by atoms with van der Waals surface area (Å²) < 4.78 is 1.46. The number of aromatic carboxylic acids is 1. The molecule has 2 aromatic heterocycles. The van der Waals surface area contributed by atoms with Crippen LogP contribution < -0.4 is 0 Å². The van der Waals surface area contributed by atoms with Crippen molar-refractivity contribution in [2.45, 2.75) is 20.8 Å². The number of fused-ring (bicyclic) bond motifs is 1. The minimum Gasteiger partial charge on any atom is -0.476 e. The standard InChI is InChI=1S/C8H7N3O2.C2H6/c1-5-6(8(12)13)10-11-4-2-3-9-7(5)11;1-2/h2-4H,1H3,(H,12,13);1-2H3. The molecule has 0 radical (unpaired) electrons. The van der Waals surface area contributed by atoms with Gasteiger partial charge in [-0.15, -0.1) is 0 Å². The third kappa shape index (κ3) is 1.96. The van der Waals surface area contributed by atoms with Crippen LogP contribution in [0.4, 0.5) is 0 Å². The van der Waals surface area contributed by atoms with Crippen LogP contribution in [0.3, 0.4) is 0 Å². The SMILES string of the molecule is CC.Cc1c(C(=O)O)nn2cccnc12. The summed E-state index contributed by atoms with van der Waals surface area (Å²) in [6.07, 6.45) is 3.28. The molecule has 5 nitrogen and oxygen atoms in total. The Hall–Kier alpha value is -1.91. The predicted molar refractivity (Wildman–Crippen MR) is 56.0 cm³/mol. The van der Waals surface area contributed by atoms with Gasteiger partial charge in [0.1, 0.15) is 0 Å². The second-order valence-electron chi connectivity index (χ2n) is 2.67. The molecule has 0 aliphatic heterocycles. The van der Waals surface area contributed by atoms with Crippen LogP contribution in [0, 0.1) is 6.92 Å². The molecule has 0 unspecified atom stereocenters. The monoisotopic (exact) mass is 207 g/mol. The highest BCUT2D eigenvalue weighted by atomic mass is 16.4. The van der Waals surface area contributed by atoms with Crippen molar-refractivity contribution in [1.29, 1.82) is 0 Å². The molecule has 0 aromatic carbocycles. The lowest BCUT2D eigenvalue weighted by molar-refractivity contribution is 0.0689. The number of rotatable bonds is 1. The van der Waals surface area contributed by atoms with E-state index in [1.54, 1.807) is 25.4 Å². The number of carboxylic acids is 1. The molecular formula is C10H13N3O2. The molecule has 0 saturated carbocycles. The number of aryl methyl sites for hydroxylation is 1. The highest BCUT2D eigenvalue weighted by Gasteiger charge is 2.14. The highest BCUT2D eigenvalue weighted by molar-refractivity contribution is 5.89. The molecule has 0 spiro atoms. The van der Waals surface area contributed by atoms with Crippen molar-refractivity contribution in [2.75, 3.05) is 0 Å². The summed E-state index contributed by atoms with van der Waals surface area (Å²) in [4.78, 5) is 14.7. The number of hydrogen-bond donors (Lipinski definition) is 1. The fraction of sp³-hybridized carbons (Fsp3) is 0.300. The van der Waals surface area contributed by atoms with Crippen LogP contribution in [-0.4, -0.2) is 25.7 Å². The van der Waals surface area contributed by atoms with Crippen molar-refractivity contribution >= 4 is 11.6 Å². The Bertz CT molecular complexity index is 476. The summed E-state index contributed by atoms with van der Waals surface area (Å²) in [7, 11) is 0. The number of carboxylic acid groups (broad SMARTS) is 1. The summed E-state index contributed by atoms with van der Waals surface area (Å²) in [5.74, 6) is -1.02. The average molecular weight is 207 g/mol. The van der Waals surface area contributed by atoms with Crippen LogP contribution >= 0.6 is 0 Å². The molecule has 0 aliphatic carbocycles. The maximum absolute atomic E-state index is 10.7. The van der Waals surface area contributed by atoms with E-state index in [2.05, 4.69) is 10.1 Å². The molecule has 1 N–H and O–H groups in total. The van der Waals surface area contributed by atoms with Crippen LogP contribution in [0.2, 0.25) is 0 Å². The second-order valence-corrected chi connectivity index (χ2v) is 2.67. The van der Waals surface area contributed by atoms with Crippen LogP contribution in [-0.2, 0) is 0 Å². The number of hydrogen-bond acceptors (Lipinski definition) is 3. The molecule has 0 saturated heterocycles. The number of carbonyl (C=O) groups is 1. The zero-order chi connectivity index (χ0) is 11.4. The van der Waals surface area contributed by atoms with Gasteiger partial charge < -0.3 is 5.11 Å². The second kappa shape index (κ2) is 4.54. The summed E-state index contributed by atoms with van der Waals surface area (Å²) in [6.45, 7) is 5.69. The maximum atomic E-state index is 10.7. The Morgan fingerprint density at radius 3 is 2.67 bits per heavy atom. The summed E-state index contributed by atoms with van der Waals surface area (Å²) in [6, 6.07) is 1.70. The minimum absolute atomic E-state index is 0.0544. The topological polar surface area (TPSA) is 67.5 Å². The number of aromatic nitrogens is 3. The minimum atomic E-state index is -1.02. The quantitative estimate of drug-likeness (QED) is 0.773. The lowest BCUT2D eigenvalue weighted by Gasteiger charge is -1.88. The molecule has 2 rings (SSSR count). The van der Waals surface area contributed by atoms with Gasteiger partial charge in [0.25, 0.3) is 0 Å². The Morgan fingerprint density at radius 1 is 1.47 bits per heavy atom. The summed E-state index contributed by atoms with van der Waals surface area (Å²) in [5, 5.41) is 12.6. The lowest BCUT2D eigenvalue weighted by Crippen LogP contribution is -1.99. The van der Waals surface area contributed by atoms with Gasteiger partial charge in [0, 0.05) is 18.0 Å². The van der Waals surface area contributed by atoms with Crippen molar-refractivity contribution in [3.8, 4) is 0 Å². The van der Waals surface area contributed by atoms with E-state index >= 15 is 0 Å². The van der Waals surface area contributed by atoms with Gasteiger partial charge in [0.05, 0.1) is 0 Å². The third-order valence-corrected chi connectivity index (χ3v) is 1.83. The first-order chi connectivity index (χ1) is 7.20. The van der Waals surface area contributed by atoms with Crippen molar-refractivity contribution in [2.24, 2.45) is 0 Å². The molecule has 0 bridgehead atoms. The fourth-order valence-electron chi connectivity index (χ4n) is 1.20. The molecule has 80 valence electrons. The van der Waals surface area contributed by atoms with Crippen LogP contribution in [0.15, 0.2) is 18.5 Å². The lowest BCUT2D eigenvalue weighted by atomic mass is 10.3. The maximum Gasteiger partial charge on any atom is 0.356 e. The van der Waals surface area contributed by atoms with E-state index < -0.39 is 5.97 Å². The first-order valence-electron chi connectivity index (χ1n) is 4.73. The summed E-state index contributed by atoms with van der Waals surface area (Å²) >= 11 is 0. The van der Waals surface area contributed by atoms with E-state index in [1.165, 1.54) is 4.52 Å². The molecule has 0 fully saturated rings. The average Bonchev–Trinajstić information content (AvgIpc) is 2.60. The first-order valence-corrected chi connectivity index (χ1v) is 4.73. The van der Waals surface area contributed by atoms with Crippen molar-refractivity contribution in [1.82, 2.24) is 14.6 Å². The van der Waals surface area contributed by atoms with E-state index in [0.717, 1.165) is 0 Å². The molecule has 15 heavy (non-hydrogen) atoms. The van der Waals surface area contributed by atoms with Crippen LogP contribution in [0.5, 0.6) is 0 Å². The Labute approximate surface area is 87.4 Å². The van der Waals surface area contributed by atoms with Crippen LogP contribution in [0.25, 0.3) is 5.65 Å². The van der Waals surface area contributed by atoms with E-state index in [9.17, 15) is 4.79 Å². The van der Waals surface area contributed by atoms with Gasteiger partial charge in [-0.25, -0.2) is 14.3 Å². The van der Waals surface area contributed by atoms with Crippen molar-refractivity contribution in [3.63, 3.8) is 0 Å². The predicted octanol–water partition coefficient (Wildman–Crippen LogP) is 1.76. The van der Waals surface area contributed by atoms with E-state index in [0.29, 0.717) is 11.2 Å². The van der Waals surface area contributed by atoms with Gasteiger partial charge in [0.15, 0.2) is 11.3 Å². The number of nitrogens with zero attached hydrogens (tertiary/aromatic N) is 3. The van der Waals surface area contributed by atoms with Crippen molar-refractivity contribution < 1.29 is 9.90 Å².